The second-order valence-electron chi connectivity index (χ2n) is 26.4. The number of aryl methyl sites for hydroxylation is 1. The number of rotatable bonds is 2. The average Bonchev–Trinajstić information content (AvgIpc) is 3.78. The Hall–Kier alpha value is -6.00. The van der Waals surface area contributed by atoms with Crippen LogP contribution in [0.25, 0.3) is 32.9 Å². The quantitative estimate of drug-likeness (QED) is 0.161. The lowest BCUT2D eigenvalue weighted by Crippen LogP contribution is -2.61. The molecule has 0 saturated carbocycles. The standard InChI is InChI=1S/C66H69BN2O/c1-38-30-54-58-55(31-38)69(52-21-17-20-46-57(52)43-32-39-18-15-16-19-40(39)33-47(43)66(46,13)14)53-34-41(61(2,3)4)22-25-51(53)67(58)60-59(44-36-49-50(37-56(44)70-60)65(11,12)29-28-64(49,9)10)68(54)42-23-24-45-48(35-42)63(7,8)27-26-62(45,5)6/h15-25,30-37H,26-29H2,1-14H3. The molecule has 3 heterocycles. The molecule has 7 aromatic carbocycles. The summed E-state index contributed by atoms with van der Waals surface area (Å²) in [5.74, 6) is 0. The molecular weight excluding hydrogens is 848 g/mol. The van der Waals surface area contributed by atoms with E-state index in [0.29, 0.717) is 0 Å². The monoisotopic (exact) mass is 917 g/mol. The van der Waals surface area contributed by atoms with Crippen molar-refractivity contribution in [2.24, 2.45) is 0 Å². The van der Waals surface area contributed by atoms with Crippen LogP contribution in [-0.4, -0.2) is 6.71 Å². The van der Waals surface area contributed by atoms with Crippen LogP contribution in [0.3, 0.4) is 0 Å². The number of nitrogens with zero attached hydrogens (tertiary/aromatic N) is 2. The smallest absolute Gasteiger partial charge is 0.297 e. The van der Waals surface area contributed by atoms with E-state index in [2.05, 4.69) is 222 Å². The summed E-state index contributed by atoms with van der Waals surface area (Å²) in [7, 11) is 0. The van der Waals surface area contributed by atoms with E-state index in [4.69, 9.17) is 4.42 Å². The zero-order chi connectivity index (χ0) is 49.0. The third-order valence-corrected chi connectivity index (χ3v) is 18.5. The summed E-state index contributed by atoms with van der Waals surface area (Å²) in [6, 6.07) is 45.7. The molecule has 3 aliphatic carbocycles. The van der Waals surface area contributed by atoms with Crippen molar-refractivity contribution < 1.29 is 4.42 Å². The van der Waals surface area contributed by atoms with Gasteiger partial charge in [-0.1, -0.05) is 145 Å². The number of anilines is 6. The first-order chi connectivity index (χ1) is 33.0. The SMILES string of the molecule is Cc1cc2c3c(c1)N(c1ccc4c(c1)C(C)(C)CCC4(C)C)c1c(oc4cc5c(cc14)C(C)(C)CCC5(C)C)B3c1ccc(C(C)(C)C)cc1N2c1cccc2c1-c1cc3ccccc3cc1C2(C)C. The van der Waals surface area contributed by atoms with Crippen molar-refractivity contribution in [2.75, 3.05) is 9.80 Å². The molecule has 70 heavy (non-hydrogen) atoms. The Morgan fingerprint density at radius 3 is 1.80 bits per heavy atom. The molecule has 0 unspecified atom stereocenters. The van der Waals surface area contributed by atoms with Gasteiger partial charge in [0.1, 0.15) is 5.58 Å². The van der Waals surface area contributed by atoms with Crippen molar-refractivity contribution in [2.45, 2.75) is 155 Å². The van der Waals surface area contributed by atoms with Crippen LogP contribution < -0.4 is 26.4 Å². The molecule has 0 spiro atoms. The Bertz CT molecular complexity index is 3610. The van der Waals surface area contributed by atoms with E-state index in [1.54, 1.807) is 0 Å². The highest BCUT2D eigenvalue weighted by molar-refractivity contribution is 7.00. The summed E-state index contributed by atoms with van der Waals surface area (Å²) in [4.78, 5) is 5.31. The molecule has 352 valence electrons. The van der Waals surface area contributed by atoms with Gasteiger partial charge < -0.3 is 14.2 Å². The third-order valence-electron chi connectivity index (χ3n) is 18.5. The minimum atomic E-state index is -0.178. The summed E-state index contributed by atoms with van der Waals surface area (Å²) in [5, 5.41) is 3.79. The molecule has 5 aliphatic rings. The molecule has 8 aromatic rings. The zero-order valence-electron chi connectivity index (χ0n) is 44.2. The van der Waals surface area contributed by atoms with Gasteiger partial charge in [0.15, 0.2) is 0 Å². The maximum absolute atomic E-state index is 7.66. The van der Waals surface area contributed by atoms with Crippen molar-refractivity contribution in [3.05, 3.63) is 160 Å². The van der Waals surface area contributed by atoms with Gasteiger partial charge in [-0.25, -0.2) is 0 Å². The Labute approximate surface area is 417 Å². The second kappa shape index (κ2) is 13.9. The molecule has 4 heteroatoms. The lowest BCUT2D eigenvalue weighted by atomic mass is 9.35. The van der Waals surface area contributed by atoms with E-state index in [9.17, 15) is 0 Å². The topological polar surface area (TPSA) is 19.6 Å². The lowest BCUT2D eigenvalue weighted by molar-refractivity contribution is 0.332. The average molecular weight is 917 g/mol. The van der Waals surface area contributed by atoms with Crippen LogP contribution in [0.15, 0.2) is 120 Å². The Morgan fingerprint density at radius 1 is 0.514 bits per heavy atom. The van der Waals surface area contributed by atoms with Gasteiger partial charge in [0.25, 0.3) is 6.71 Å². The van der Waals surface area contributed by atoms with Crippen LogP contribution in [0, 0.1) is 6.92 Å². The molecular formula is C66H69BN2O. The van der Waals surface area contributed by atoms with Gasteiger partial charge >= 0.3 is 0 Å². The van der Waals surface area contributed by atoms with Crippen LogP contribution in [0.1, 0.15) is 160 Å². The van der Waals surface area contributed by atoms with Crippen molar-refractivity contribution in [3.8, 4) is 11.1 Å². The highest BCUT2D eigenvalue weighted by Crippen LogP contribution is 2.58. The first-order valence-corrected chi connectivity index (χ1v) is 26.3. The molecule has 2 aliphatic heterocycles. The fourth-order valence-corrected chi connectivity index (χ4v) is 14.0. The Balaban J connectivity index is 1.15. The number of hydrogen-bond acceptors (Lipinski definition) is 3. The molecule has 3 nitrogen and oxygen atoms in total. The first kappa shape index (κ1) is 44.0. The summed E-state index contributed by atoms with van der Waals surface area (Å²) in [6.07, 6.45) is 4.66. The molecule has 0 amide bonds. The minimum absolute atomic E-state index is 0.0441. The minimum Gasteiger partial charge on any atom is -0.468 e. The van der Waals surface area contributed by atoms with E-state index in [1.807, 2.05) is 0 Å². The van der Waals surface area contributed by atoms with E-state index >= 15 is 0 Å². The fourth-order valence-electron chi connectivity index (χ4n) is 14.0. The predicted octanol–water partition coefficient (Wildman–Crippen LogP) is 16.3. The molecule has 0 saturated heterocycles. The van der Waals surface area contributed by atoms with E-state index in [1.165, 1.54) is 123 Å². The lowest BCUT2D eigenvalue weighted by Gasteiger charge is -2.45. The molecule has 0 bridgehead atoms. The fraction of sp³-hybridized carbons (Fsp3) is 0.364. The van der Waals surface area contributed by atoms with E-state index in [0.717, 1.165) is 30.5 Å². The van der Waals surface area contributed by atoms with Gasteiger partial charge in [0.05, 0.1) is 17.0 Å². The Morgan fingerprint density at radius 2 is 1.13 bits per heavy atom. The van der Waals surface area contributed by atoms with Crippen LogP contribution >= 0.6 is 0 Å². The Kier molecular flexibility index (Phi) is 8.73. The third kappa shape index (κ3) is 5.95. The second-order valence-corrected chi connectivity index (χ2v) is 26.4. The van der Waals surface area contributed by atoms with Crippen LogP contribution in [0.2, 0.25) is 0 Å². The zero-order valence-corrected chi connectivity index (χ0v) is 44.2. The van der Waals surface area contributed by atoms with Crippen molar-refractivity contribution in [3.63, 3.8) is 0 Å². The normalized spacial score (nSPS) is 19.3. The van der Waals surface area contributed by atoms with Gasteiger partial charge in [-0.3, -0.25) is 0 Å². The van der Waals surface area contributed by atoms with Gasteiger partial charge in [-0.05, 0) is 192 Å². The number of fused-ring (bicyclic) bond motifs is 12. The van der Waals surface area contributed by atoms with Gasteiger partial charge in [0, 0.05) is 39.1 Å². The van der Waals surface area contributed by atoms with Gasteiger partial charge in [-0.15, -0.1) is 0 Å². The van der Waals surface area contributed by atoms with Crippen molar-refractivity contribution in [1.29, 1.82) is 0 Å². The van der Waals surface area contributed by atoms with Crippen molar-refractivity contribution in [1.82, 2.24) is 0 Å². The highest BCUT2D eigenvalue weighted by Gasteiger charge is 2.50. The van der Waals surface area contributed by atoms with Gasteiger partial charge in [-0.2, -0.15) is 0 Å². The molecule has 0 fully saturated rings. The summed E-state index contributed by atoms with van der Waals surface area (Å²) >= 11 is 0. The van der Waals surface area contributed by atoms with Crippen LogP contribution in [0.4, 0.5) is 34.1 Å². The van der Waals surface area contributed by atoms with E-state index < -0.39 is 0 Å². The predicted molar refractivity (Wildman–Crippen MR) is 299 cm³/mol. The largest absolute Gasteiger partial charge is 0.468 e. The summed E-state index contributed by atoms with van der Waals surface area (Å²) in [5.41, 5.74) is 25.8. The molecule has 1 aromatic heterocycles. The first-order valence-electron chi connectivity index (χ1n) is 26.3. The van der Waals surface area contributed by atoms with Crippen LogP contribution in [-0.2, 0) is 32.5 Å². The summed E-state index contributed by atoms with van der Waals surface area (Å²) in [6.45, 7) is 33.7. The number of hydrogen-bond donors (Lipinski definition) is 0. The molecule has 0 atom stereocenters. The van der Waals surface area contributed by atoms with Crippen LogP contribution in [0.5, 0.6) is 0 Å². The molecule has 0 radical (unpaired) electrons. The maximum Gasteiger partial charge on any atom is 0.297 e. The maximum atomic E-state index is 7.66. The van der Waals surface area contributed by atoms with E-state index in [-0.39, 0.29) is 39.2 Å². The molecule has 0 N–H and O–H groups in total. The number of furan rings is 1. The number of benzene rings is 7. The van der Waals surface area contributed by atoms with Gasteiger partial charge in [0.2, 0.25) is 0 Å². The highest BCUT2D eigenvalue weighted by atomic mass is 16.3. The summed E-state index contributed by atoms with van der Waals surface area (Å²) < 4.78 is 7.66. The molecule has 13 rings (SSSR count). The van der Waals surface area contributed by atoms with Crippen molar-refractivity contribution >= 4 is 79.2 Å².